The molecule has 4 atom stereocenters. The van der Waals surface area contributed by atoms with Crippen molar-refractivity contribution in [2.75, 3.05) is 7.11 Å². The summed E-state index contributed by atoms with van der Waals surface area (Å²) < 4.78 is 10.9. The van der Waals surface area contributed by atoms with E-state index in [-0.39, 0.29) is 30.3 Å². The Bertz CT molecular complexity index is 816. The molecule has 1 unspecified atom stereocenters. The minimum atomic E-state index is -0.652. The fourth-order valence-corrected chi connectivity index (χ4v) is 4.99. The minimum Gasteiger partial charge on any atom is -0.469 e. The van der Waals surface area contributed by atoms with E-state index in [1.807, 2.05) is 56.0 Å². The number of carbonyl (C=O) groups is 3. The van der Waals surface area contributed by atoms with Crippen molar-refractivity contribution >= 4 is 17.8 Å². The van der Waals surface area contributed by atoms with Crippen molar-refractivity contribution in [2.24, 2.45) is 11.8 Å². The Morgan fingerprint density at radius 3 is 2.21 bits per heavy atom. The number of nitrogens with one attached hydrogen (secondary N) is 1. The number of likely N-dealkylation sites (tertiary alicyclic amines) is 1. The van der Waals surface area contributed by atoms with Crippen LogP contribution in [-0.4, -0.2) is 53.6 Å². The van der Waals surface area contributed by atoms with Crippen molar-refractivity contribution < 1.29 is 23.9 Å². The largest absolute Gasteiger partial charge is 0.469 e. The van der Waals surface area contributed by atoms with Gasteiger partial charge in [0.25, 0.3) is 0 Å². The molecule has 0 aliphatic carbocycles. The van der Waals surface area contributed by atoms with Gasteiger partial charge in [0.2, 0.25) is 5.91 Å². The molecule has 7 nitrogen and oxygen atoms in total. The number of rotatable bonds is 10. The SMILES string of the molecule is CCC(CC)C[C@H](NC(C)=O)[C@H]1[C@H](C(=O)OC)CC(C(=O)OC(C)(C)C)N1Cc1ccccc1. The molecule has 34 heavy (non-hydrogen) atoms. The second-order valence-electron chi connectivity index (χ2n) is 10.3. The van der Waals surface area contributed by atoms with E-state index in [0.29, 0.717) is 12.5 Å². The lowest BCUT2D eigenvalue weighted by molar-refractivity contribution is -0.161. The molecule has 190 valence electrons. The summed E-state index contributed by atoms with van der Waals surface area (Å²) in [7, 11) is 1.37. The van der Waals surface area contributed by atoms with Gasteiger partial charge in [-0.3, -0.25) is 19.3 Å². The highest BCUT2D eigenvalue weighted by molar-refractivity contribution is 5.81. The first-order chi connectivity index (χ1) is 16.0. The molecule has 0 spiro atoms. The van der Waals surface area contributed by atoms with E-state index in [4.69, 9.17) is 9.47 Å². The van der Waals surface area contributed by atoms with E-state index in [2.05, 4.69) is 19.2 Å². The second-order valence-corrected chi connectivity index (χ2v) is 10.3. The maximum Gasteiger partial charge on any atom is 0.323 e. The number of esters is 2. The summed E-state index contributed by atoms with van der Waals surface area (Å²) in [6.45, 7) is 11.7. The van der Waals surface area contributed by atoms with Crippen molar-refractivity contribution in [1.82, 2.24) is 10.2 Å². The highest BCUT2D eigenvalue weighted by Crippen LogP contribution is 2.37. The van der Waals surface area contributed by atoms with Gasteiger partial charge < -0.3 is 14.8 Å². The summed E-state index contributed by atoms with van der Waals surface area (Å²) >= 11 is 0. The number of methoxy groups -OCH3 is 1. The van der Waals surface area contributed by atoms with Crippen LogP contribution >= 0.6 is 0 Å². The normalized spacial score (nSPS) is 21.8. The standard InChI is InChI=1S/C27H42N2O5/c1-8-19(9-2)15-22(28-18(3)30)24-21(25(31)33-7)16-23(26(32)34-27(4,5)6)29(24)17-20-13-11-10-12-14-20/h10-14,19,21-24H,8-9,15-17H2,1-7H3,(H,28,30)/t21-,22+,23?,24-/m1/s1. The van der Waals surface area contributed by atoms with E-state index in [1.54, 1.807) is 0 Å². The maximum atomic E-state index is 13.3. The highest BCUT2D eigenvalue weighted by Gasteiger charge is 2.52. The molecular weight excluding hydrogens is 432 g/mol. The summed E-state index contributed by atoms with van der Waals surface area (Å²) in [5.74, 6) is -1.05. The first-order valence-electron chi connectivity index (χ1n) is 12.4. The maximum absolute atomic E-state index is 13.3. The number of amides is 1. The van der Waals surface area contributed by atoms with Gasteiger partial charge in [0.05, 0.1) is 13.0 Å². The molecular formula is C27H42N2O5. The summed E-state index contributed by atoms with van der Waals surface area (Å²) in [5, 5.41) is 3.11. The van der Waals surface area contributed by atoms with Gasteiger partial charge in [-0.2, -0.15) is 0 Å². The van der Waals surface area contributed by atoms with E-state index in [1.165, 1.54) is 14.0 Å². The minimum absolute atomic E-state index is 0.153. The number of nitrogens with zero attached hydrogens (tertiary/aromatic N) is 1. The van der Waals surface area contributed by atoms with E-state index in [0.717, 1.165) is 24.8 Å². The summed E-state index contributed by atoms with van der Waals surface area (Å²) in [6.07, 6.45) is 2.95. The fourth-order valence-electron chi connectivity index (χ4n) is 4.99. The van der Waals surface area contributed by atoms with Crippen molar-refractivity contribution in [2.45, 2.75) is 97.5 Å². The predicted molar refractivity (Wildman–Crippen MR) is 132 cm³/mol. The van der Waals surface area contributed by atoms with E-state index < -0.39 is 23.6 Å². The fraction of sp³-hybridized carbons (Fsp3) is 0.667. The quantitative estimate of drug-likeness (QED) is 0.514. The lowest BCUT2D eigenvalue weighted by Gasteiger charge is -2.38. The Morgan fingerprint density at radius 1 is 1.09 bits per heavy atom. The lowest BCUT2D eigenvalue weighted by Crippen LogP contribution is -2.55. The van der Waals surface area contributed by atoms with Gasteiger partial charge in [-0.15, -0.1) is 0 Å². The number of carbonyl (C=O) groups excluding carboxylic acids is 3. The monoisotopic (exact) mass is 474 g/mol. The molecule has 1 amide bonds. The van der Waals surface area contributed by atoms with Crippen LogP contribution in [0.3, 0.4) is 0 Å². The van der Waals surface area contributed by atoms with Gasteiger partial charge in [0.1, 0.15) is 11.6 Å². The number of hydrogen-bond acceptors (Lipinski definition) is 6. The third kappa shape index (κ3) is 7.55. The molecule has 1 fully saturated rings. The Morgan fingerprint density at radius 2 is 1.71 bits per heavy atom. The van der Waals surface area contributed by atoms with Crippen LogP contribution in [0, 0.1) is 11.8 Å². The molecule has 1 aromatic carbocycles. The number of hydrogen-bond donors (Lipinski definition) is 1. The molecule has 0 aromatic heterocycles. The van der Waals surface area contributed by atoms with E-state index >= 15 is 0 Å². The zero-order valence-electron chi connectivity index (χ0n) is 21.8. The van der Waals surface area contributed by atoms with Gasteiger partial charge in [0.15, 0.2) is 0 Å². The third-order valence-corrected chi connectivity index (χ3v) is 6.61. The lowest BCUT2D eigenvalue weighted by atomic mass is 9.85. The molecule has 0 bridgehead atoms. The summed E-state index contributed by atoms with van der Waals surface area (Å²) in [4.78, 5) is 40.6. The Hall–Kier alpha value is -2.41. The van der Waals surface area contributed by atoms with Gasteiger partial charge in [-0.05, 0) is 45.1 Å². The summed E-state index contributed by atoms with van der Waals surface area (Å²) in [5.41, 5.74) is 0.372. The first-order valence-corrected chi connectivity index (χ1v) is 12.4. The molecule has 1 aliphatic rings. The summed E-state index contributed by atoms with van der Waals surface area (Å²) in [6, 6.07) is 8.54. The van der Waals surface area contributed by atoms with Crippen molar-refractivity contribution in [3.05, 3.63) is 35.9 Å². The van der Waals surface area contributed by atoms with Gasteiger partial charge in [-0.25, -0.2) is 0 Å². The first kappa shape index (κ1) is 27.8. The molecule has 1 aliphatic heterocycles. The molecule has 0 radical (unpaired) electrons. The van der Waals surface area contributed by atoms with Crippen LogP contribution in [0.1, 0.15) is 72.8 Å². The molecule has 1 saturated heterocycles. The van der Waals surface area contributed by atoms with Crippen LogP contribution < -0.4 is 5.32 Å². The van der Waals surface area contributed by atoms with Crippen LogP contribution in [0.2, 0.25) is 0 Å². The Kier molecular flexibility index (Phi) is 10.1. The number of benzene rings is 1. The molecule has 0 saturated carbocycles. The van der Waals surface area contributed by atoms with Crippen molar-refractivity contribution in [1.29, 1.82) is 0 Å². The molecule has 1 N–H and O–H groups in total. The smallest absolute Gasteiger partial charge is 0.323 e. The van der Waals surface area contributed by atoms with E-state index in [9.17, 15) is 14.4 Å². The average molecular weight is 475 g/mol. The molecule has 1 heterocycles. The molecule has 2 rings (SSSR count). The van der Waals surface area contributed by atoms with Gasteiger partial charge in [0, 0.05) is 25.6 Å². The Labute approximate surface area is 204 Å². The third-order valence-electron chi connectivity index (χ3n) is 6.61. The van der Waals surface area contributed by atoms with Crippen LogP contribution in [0.15, 0.2) is 30.3 Å². The topological polar surface area (TPSA) is 84.9 Å². The van der Waals surface area contributed by atoms with Gasteiger partial charge in [-0.1, -0.05) is 57.0 Å². The predicted octanol–water partition coefficient (Wildman–Crippen LogP) is 4.09. The molecule has 7 heteroatoms. The average Bonchev–Trinajstić information content (AvgIpc) is 3.14. The number of ether oxygens (including phenoxy) is 2. The van der Waals surface area contributed by atoms with Crippen LogP contribution in [0.5, 0.6) is 0 Å². The Balaban J connectivity index is 2.55. The van der Waals surface area contributed by atoms with Crippen LogP contribution in [0.4, 0.5) is 0 Å². The zero-order valence-corrected chi connectivity index (χ0v) is 21.8. The van der Waals surface area contributed by atoms with Crippen molar-refractivity contribution in [3.63, 3.8) is 0 Å². The van der Waals surface area contributed by atoms with Crippen LogP contribution in [0.25, 0.3) is 0 Å². The zero-order chi connectivity index (χ0) is 25.5. The molecule has 1 aromatic rings. The van der Waals surface area contributed by atoms with Gasteiger partial charge >= 0.3 is 11.9 Å². The highest BCUT2D eigenvalue weighted by atomic mass is 16.6. The second kappa shape index (κ2) is 12.3. The van der Waals surface area contributed by atoms with Crippen molar-refractivity contribution in [3.8, 4) is 0 Å². The van der Waals surface area contributed by atoms with Crippen LogP contribution in [-0.2, 0) is 30.4 Å².